The van der Waals surface area contributed by atoms with Gasteiger partial charge in [0.15, 0.2) is 0 Å². The number of rotatable bonds is 3. The van der Waals surface area contributed by atoms with E-state index in [-0.39, 0.29) is 0 Å². The molecule has 0 aliphatic carbocycles. The maximum atomic E-state index is 12.7. The molecular weight excluding hydrogens is 253 g/mol. The van der Waals surface area contributed by atoms with Gasteiger partial charge < -0.3 is 4.74 Å². The molecule has 0 fully saturated rings. The number of methoxy groups -OCH3 is 1. The van der Waals surface area contributed by atoms with E-state index >= 15 is 0 Å². The van der Waals surface area contributed by atoms with Gasteiger partial charge >= 0.3 is 6.18 Å². The van der Waals surface area contributed by atoms with Crippen LogP contribution in [0, 0.1) is 0 Å². The van der Waals surface area contributed by atoms with Crippen molar-refractivity contribution in [1.82, 2.24) is 0 Å². The average molecular weight is 266 g/mol. The predicted molar refractivity (Wildman–Crippen MR) is 66.7 cm³/mol. The average Bonchev–Trinajstić information content (AvgIpc) is 2.40. The van der Waals surface area contributed by atoms with Crippen LogP contribution in [0.5, 0.6) is 0 Å². The minimum absolute atomic E-state index is 0.489. The van der Waals surface area contributed by atoms with Gasteiger partial charge in [0.05, 0.1) is 5.56 Å². The van der Waals surface area contributed by atoms with Crippen LogP contribution in [0.3, 0.4) is 0 Å². The fourth-order valence-electron chi connectivity index (χ4n) is 1.97. The lowest BCUT2D eigenvalue weighted by Crippen LogP contribution is -2.08. The smallest absolute Gasteiger partial charge is 0.372 e. The molecule has 19 heavy (non-hydrogen) atoms. The van der Waals surface area contributed by atoms with E-state index in [1.54, 1.807) is 6.07 Å². The number of halogens is 3. The quantitative estimate of drug-likeness (QED) is 0.798. The minimum atomic E-state index is -4.34. The summed E-state index contributed by atoms with van der Waals surface area (Å²) in [5, 5.41) is 0. The highest BCUT2D eigenvalue weighted by molar-refractivity contribution is 5.33. The Morgan fingerprint density at radius 2 is 1.53 bits per heavy atom. The van der Waals surface area contributed by atoms with Gasteiger partial charge in [0, 0.05) is 7.11 Å². The molecule has 1 nitrogen and oxygen atoms in total. The third-order valence-electron chi connectivity index (χ3n) is 2.85. The maximum Gasteiger partial charge on any atom is 0.416 e. The van der Waals surface area contributed by atoms with Crippen molar-refractivity contribution in [2.45, 2.75) is 12.3 Å². The number of hydrogen-bond acceptors (Lipinski definition) is 1. The van der Waals surface area contributed by atoms with Crippen molar-refractivity contribution in [3.05, 3.63) is 71.3 Å². The largest absolute Gasteiger partial charge is 0.416 e. The minimum Gasteiger partial charge on any atom is -0.372 e. The molecule has 4 heteroatoms. The van der Waals surface area contributed by atoms with Gasteiger partial charge in [0.25, 0.3) is 0 Å². The summed E-state index contributed by atoms with van der Waals surface area (Å²) >= 11 is 0. The fourth-order valence-corrected chi connectivity index (χ4v) is 1.97. The first-order valence-corrected chi connectivity index (χ1v) is 5.77. The van der Waals surface area contributed by atoms with E-state index in [9.17, 15) is 13.2 Å². The van der Waals surface area contributed by atoms with Gasteiger partial charge in [-0.2, -0.15) is 13.2 Å². The highest BCUT2D eigenvalue weighted by Gasteiger charge is 2.31. The SMILES string of the molecule is COC(c1ccccc1)c1cccc(C(F)(F)F)c1. The van der Waals surface area contributed by atoms with Crippen LogP contribution in [0.15, 0.2) is 54.6 Å². The zero-order chi connectivity index (χ0) is 13.9. The molecule has 0 heterocycles. The van der Waals surface area contributed by atoms with E-state index in [1.807, 2.05) is 30.3 Å². The molecule has 0 saturated carbocycles. The zero-order valence-electron chi connectivity index (χ0n) is 10.3. The number of hydrogen-bond donors (Lipinski definition) is 0. The Hall–Kier alpha value is -1.81. The first-order valence-electron chi connectivity index (χ1n) is 5.77. The highest BCUT2D eigenvalue weighted by Crippen LogP contribution is 2.33. The molecule has 0 aliphatic rings. The van der Waals surface area contributed by atoms with E-state index in [1.165, 1.54) is 13.2 Å². The number of alkyl halides is 3. The van der Waals surface area contributed by atoms with Crippen molar-refractivity contribution in [1.29, 1.82) is 0 Å². The molecule has 2 aromatic rings. The van der Waals surface area contributed by atoms with E-state index in [0.717, 1.165) is 17.7 Å². The summed E-state index contributed by atoms with van der Waals surface area (Å²) < 4.78 is 43.4. The predicted octanol–water partition coefficient (Wildman–Crippen LogP) is 4.44. The van der Waals surface area contributed by atoms with Crippen molar-refractivity contribution in [3.63, 3.8) is 0 Å². The topological polar surface area (TPSA) is 9.23 Å². The van der Waals surface area contributed by atoms with Crippen LogP contribution in [0.1, 0.15) is 22.8 Å². The molecule has 0 bridgehead atoms. The van der Waals surface area contributed by atoms with Crippen LogP contribution in [-0.4, -0.2) is 7.11 Å². The Labute approximate surface area is 109 Å². The van der Waals surface area contributed by atoms with E-state index in [0.29, 0.717) is 5.56 Å². The van der Waals surface area contributed by atoms with Crippen LogP contribution in [-0.2, 0) is 10.9 Å². The summed E-state index contributed by atoms with van der Waals surface area (Å²) in [4.78, 5) is 0. The first kappa shape index (κ1) is 13.6. The maximum absolute atomic E-state index is 12.7. The molecule has 0 N–H and O–H groups in total. The van der Waals surface area contributed by atoms with Crippen LogP contribution in [0.2, 0.25) is 0 Å². The fraction of sp³-hybridized carbons (Fsp3) is 0.200. The Balaban J connectivity index is 2.40. The third kappa shape index (κ3) is 3.15. The van der Waals surface area contributed by atoms with Crippen LogP contribution in [0.25, 0.3) is 0 Å². The molecule has 0 spiro atoms. The van der Waals surface area contributed by atoms with Gasteiger partial charge in [0.1, 0.15) is 6.10 Å². The van der Waals surface area contributed by atoms with Crippen molar-refractivity contribution in [2.24, 2.45) is 0 Å². The summed E-state index contributed by atoms with van der Waals surface area (Å²) in [7, 11) is 1.48. The Bertz CT molecular complexity index is 535. The molecular formula is C15H13F3O. The van der Waals surface area contributed by atoms with Crippen molar-refractivity contribution >= 4 is 0 Å². The molecule has 0 saturated heterocycles. The standard InChI is InChI=1S/C15H13F3O/c1-19-14(11-6-3-2-4-7-11)12-8-5-9-13(10-12)15(16,17)18/h2-10,14H,1H3. The van der Waals surface area contributed by atoms with Gasteiger partial charge in [-0.1, -0.05) is 42.5 Å². The van der Waals surface area contributed by atoms with Crippen LogP contribution >= 0.6 is 0 Å². The summed E-state index contributed by atoms with van der Waals surface area (Å²) in [6.45, 7) is 0. The summed E-state index contributed by atoms with van der Waals surface area (Å²) in [6.07, 6.45) is -4.84. The number of ether oxygens (including phenoxy) is 1. The molecule has 2 aromatic carbocycles. The highest BCUT2D eigenvalue weighted by atomic mass is 19.4. The summed E-state index contributed by atoms with van der Waals surface area (Å²) in [6, 6.07) is 14.4. The molecule has 2 rings (SSSR count). The van der Waals surface area contributed by atoms with Gasteiger partial charge in [-0.3, -0.25) is 0 Å². The molecule has 0 radical (unpaired) electrons. The molecule has 100 valence electrons. The third-order valence-corrected chi connectivity index (χ3v) is 2.85. The van der Waals surface area contributed by atoms with Gasteiger partial charge in [-0.15, -0.1) is 0 Å². The lowest BCUT2D eigenvalue weighted by atomic mass is 9.99. The second-order valence-corrected chi connectivity index (χ2v) is 4.15. The van der Waals surface area contributed by atoms with Crippen molar-refractivity contribution in [3.8, 4) is 0 Å². The number of benzene rings is 2. The summed E-state index contributed by atoms with van der Waals surface area (Å²) in [5.41, 5.74) is 0.649. The first-order chi connectivity index (χ1) is 9.02. The van der Waals surface area contributed by atoms with Gasteiger partial charge in [-0.05, 0) is 23.3 Å². The van der Waals surface area contributed by atoms with E-state index in [2.05, 4.69) is 0 Å². The Kier molecular flexibility index (Phi) is 3.90. The van der Waals surface area contributed by atoms with Crippen molar-refractivity contribution in [2.75, 3.05) is 7.11 Å². The summed E-state index contributed by atoms with van der Waals surface area (Å²) in [5.74, 6) is 0. The lowest BCUT2D eigenvalue weighted by molar-refractivity contribution is -0.137. The molecule has 0 aromatic heterocycles. The molecule has 1 unspecified atom stereocenters. The second-order valence-electron chi connectivity index (χ2n) is 4.15. The van der Waals surface area contributed by atoms with Gasteiger partial charge in [-0.25, -0.2) is 0 Å². The van der Waals surface area contributed by atoms with Crippen LogP contribution in [0.4, 0.5) is 13.2 Å². The Morgan fingerprint density at radius 3 is 2.11 bits per heavy atom. The monoisotopic (exact) mass is 266 g/mol. The zero-order valence-corrected chi connectivity index (χ0v) is 10.3. The molecule has 0 amide bonds. The van der Waals surface area contributed by atoms with Crippen molar-refractivity contribution < 1.29 is 17.9 Å². The van der Waals surface area contributed by atoms with E-state index in [4.69, 9.17) is 4.74 Å². The van der Waals surface area contributed by atoms with E-state index < -0.39 is 17.8 Å². The molecule has 0 aliphatic heterocycles. The second kappa shape index (κ2) is 5.45. The van der Waals surface area contributed by atoms with Gasteiger partial charge in [0.2, 0.25) is 0 Å². The lowest BCUT2D eigenvalue weighted by Gasteiger charge is -2.17. The molecule has 1 atom stereocenters. The Morgan fingerprint density at radius 1 is 0.895 bits per heavy atom. The normalized spacial score (nSPS) is 13.3. The van der Waals surface area contributed by atoms with Crippen LogP contribution < -0.4 is 0 Å².